The summed E-state index contributed by atoms with van der Waals surface area (Å²) in [4.78, 5) is 38.5. The number of fused-ring (bicyclic) bond motifs is 3. The molecule has 4 heterocycles. The number of likely N-dealkylation sites (tertiary alicyclic amines) is 1. The lowest BCUT2D eigenvalue weighted by Crippen LogP contribution is -2.43. The average Bonchev–Trinajstić information content (AvgIpc) is 3.19. The van der Waals surface area contributed by atoms with Crippen molar-refractivity contribution in [3.05, 3.63) is 64.6 Å². The summed E-state index contributed by atoms with van der Waals surface area (Å²) in [6.45, 7) is 3.34. The van der Waals surface area contributed by atoms with Gasteiger partial charge in [-0.3, -0.25) is 14.2 Å². The third-order valence-corrected chi connectivity index (χ3v) is 8.00. The molecule has 1 aliphatic rings. The number of thioether (sulfide) groups is 1. The predicted octanol–water partition coefficient (Wildman–Crippen LogP) is 4.55. The second-order valence-corrected chi connectivity index (χ2v) is 10.1. The molecule has 6 nitrogen and oxygen atoms in total. The van der Waals surface area contributed by atoms with Crippen molar-refractivity contribution < 1.29 is 4.79 Å². The fourth-order valence-electron chi connectivity index (χ4n) is 4.23. The number of amides is 1. The molecule has 0 radical (unpaired) electrons. The minimum Gasteiger partial charge on any atom is -0.339 e. The molecule has 3 aromatic heterocycles. The van der Waals surface area contributed by atoms with Crippen LogP contribution in [0.1, 0.15) is 31.7 Å². The van der Waals surface area contributed by atoms with Crippen molar-refractivity contribution in [3.8, 4) is 0 Å². The molecule has 0 aliphatic carbocycles. The third-order valence-electron chi connectivity index (χ3n) is 5.95. The highest BCUT2D eigenvalue weighted by atomic mass is 32.2. The predicted molar refractivity (Wildman–Crippen MR) is 130 cm³/mol. The van der Waals surface area contributed by atoms with Crippen molar-refractivity contribution in [1.29, 1.82) is 0 Å². The van der Waals surface area contributed by atoms with Gasteiger partial charge in [0.2, 0.25) is 5.91 Å². The lowest BCUT2D eigenvalue weighted by atomic mass is 10.0. The first-order valence-electron chi connectivity index (χ1n) is 10.9. The van der Waals surface area contributed by atoms with Crippen LogP contribution in [0.2, 0.25) is 0 Å². The standard InChI is InChI=1S/C24H24N4O2S2/c1-16-8-5-6-13-27(16)19(29)15-31-24-26-20-18-11-7-12-25-22(18)32-21(20)23(30)28(24)14-17-9-3-2-4-10-17/h2-4,7,9-12,16H,5-6,8,13-15H2,1H3/t16-/m1/s1. The van der Waals surface area contributed by atoms with Gasteiger partial charge in [0.1, 0.15) is 9.53 Å². The van der Waals surface area contributed by atoms with Gasteiger partial charge in [-0.05, 0) is 43.9 Å². The topological polar surface area (TPSA) is 68.1 Å². The Labute approximate surface area is 194 Å². The van der Waals surface area contributed by atoms with Gasteiger partial charge < -0.3 is 4.90 Å². The molecule has 1 amide bonds. The Balaban J connectivity index is 1.54. The van der Waals surface area contributed by atoms with Gasteiger partial charge in [-0.1, -0.05) is 42.1 Å². The third kappa shape index (κ3) is 4.04. The summed E-state index contributed by atoms with van der Waals surface area (Å²) in [5.41, 5.74) is 1.62. The van der Waals surface area contributed by atoms with Crippen molar-refractivity contribution in [2.45, 2.75) is 43.9 Å². The summed E-state index contributed by atoms with van der Waals surface area (Å²) in [6.07, 6.45) is 5.01. The molecule has 0 saturated carbocycles. The van der Waals surface area contributed by atoms with Crippen LogP contribution in [-0.2, 0) is 11.3 Å². The Bertz CT molecular complexity index is 1330. The highest BCUT2D eigenvalue weighted by Gasteiger charge is 2.24. The van der Waals surface area contributed by atoms with Gasteiger partial charge in [-0.2, -0.15) is 0 Å². The number of carbonyl (C=O) groups excluding carboxylic acids is 1. The quantitative estimate of drug-likeness (QED) is 0.320. The lowest BCUT2D eigenvalue weighted by molar-refractivity contribution is -0.131. The molecule has 0 unspecified atom stereocenters. The summed E-state index contributed by atoms with van der Waals surface area (Å²) in [6, 6.07) is 14.0. The summed E-state index contributed by atoms with van der Waals surface area (Å²) in [5.74, 6) is 0.386. The summed E-state index contributed by atoms with van der Waals surface area (Å²) < 4.78 is 2.31. The molecule has 8 heteroatoms. The SMILES string of the molecule is C[C@@H]1CCCCN1C(=O)CSc1nc2c(sc3ncccc32)c(=O)n1Cc1ccccc1. The molecule has 1 fully saturated rings. The maximum Gasteiger partial charge on any atom is 0.272 e. The molecule has 1 saturated heterocycles. The molecule has 0 spiro atoms. The van der Waals surface area contributed by atoms with Gasteiger partial charge in [0.05, 0.1) is 17.8 Å². The van der Waals surface area contributed by atoms with Crippen molar-refractivity contribution in [3.63, 3.8) is 0 Å². The molecule has 32 heavy (non-hydrogen) atoms. The maximum atomic E-state index is 13.5. The molecule has 0 N–H and O–H groups in total. The van der Waals surface area contributed by atoms with E-state index in [4.69, 9.17) is 4.98 Å². The van der Waals surface area contributed by atoms with Gasteiger partial charge >= 0.3 is 0 Å². The van der Waals surface area contributed by atoms with E-state index in [0.717, 1.165) is 35.2 Å². The molecular weight excluding hydrogens is 440 g/mol. The Morgan fingerprint density at radius 3 is 2.84 bits per heavy atom. The molecule has 164 valence electrons. The molecule has 5 rings (SSSR count). The van der Waals surface area contributed by atoms with E-state index in [1.165, 1.54) is 29.5 Å². The van der Waals surface area contributed by atoms with E-state index < -0.39 is 0 Å². The van der Waals surface area contributed by atoms with Crippen LogP contribution in [0.15, 0.2) is 58.6 Å². The number of hydrogen-bond acceptors (Lipinski definition) is 6. The maximum absolute atomic E-state index is 13.5. The number of thiophene rings is 1. The first kappa shape index (κ1) is 21.2. The number of hydrogen-bond donors (Lipinski definition) is 0. The summed E-state index contributed by atoms with van der Waals surface area (Å²) in [5, 5.41) is 1.46. The van der Waals surface area contributed by atoms with Crippen molar-refractivity contribution in [2.24, 2.45) is 0 Å². The Morgan fingerprint density at radius 2 is 2.03 bits per heavy atom. The summed E-state index contributed by atoms with van der Waals surface area (Å²) in [7, 11) is 0. The zero-order valence-corrected chi connectivity index (χ0v) is 19.5. The Morgan fingerprint density at radius 1 is 1.19 bits per heavy atom. The minimum absolute atomic E-state index is 0.0804. The molecular formula is C24H24N4O2S2. The number of piperidine rings is 1. The molecule has 0 bridgehead atoms. The van der Waals surface area contributed by atoms with Gasteiger partial charge in [-0.15, -0.1) is 11.3 Å². The van der Waals surface area contributed by atoms with Gasteiger partial charge in [0, 0.05) is 24.2 Å². The average molecular weight is 465 g/mol. The van der Waals surface area contributed by atoms with E-state index in [1.807, 2.05) is 47.4 Å². The fraction of sp³-hybridized carbons (Fsp3) is 0.333. The van der Waals surface area contributed by atoms with E-state index in [1.54, 1.807) is 10.8 Å². The first-order valence-corrected chi connectivity index (χ1v) is 12.7. The highest BCUT2D eigenvalue weighted by molar-refractivity contribution is 7.99. The van der Waals surface area contributed by atoms with Gasteiger partial charge in [-0.25, -0.2) is 9.97 Å². The highest BCUT2D eigenvalue weighted by Crippen LogP contribution is 2.31. The summed E-state index contributed by atoms with van der Waals surface area (Å²) >= 11 is 2.73. The number of pyridine rings is 1. The van der Waals surface area contributed by atoms with Crippen LogP contribution in [0.4, 0.5) is 0 Å². The minimum atomic E-state index is -0.0804. The largest absolute Gasteiger partial charge is 0.339 e. The van der Waals surface area contributed by atoms with Gasteiger partial charge in [0.25, 0.3) is 5.56 Å². The van der Waals surface area contributed by atoms with Crippen molar-refractivity contribution in [2.75, 3.05) is 12.3 Å². The van der Waals surface area contributed by atoms with E-state index in [9.17, 15) is 9.59 Å². The number of rotatable bonds is 5. The van der Waals surface area contributed by atoms with E-state index in [0.29, 0.717) is 21.9 Å². The van der Waals surface area contributed by atoms with Crippen LogP contribution in [0.25, 0.3) is 20.4 Å². The van der Waals surface area contributed by atoms with E-state index in [-0.39, 0.29) is 23.3 Å². The van der Waals surface area contributed by atoms with Crippen LogP contribution >= 0.6 is 23.1 Å². The molecule has 4 aromatic rings. The zero-order valence-electron chi connectivity index (χ0n) is 17.9. The number of carbonyl (C=O) groups is 1. The van der Waals surface area contributed by atoms with E-state index >= 15 is 0 Å². The van der Waals surface area contributed by atoms with Crippen LogP contribution in [0, 0.1) is 0 Å². The van der Waals surface area contributed by atoms with Crippen LogP contribution < -0.4 is 5.56 Å². The Kier molecular flexibility index (Phi) is 5.97. The zero-order chi connectivity index (χ0) is 22.1. The van der Waals surface area contributed by atoms with Crippen molar-refractivity contribution in [1.82, 2.24) is 19.4 Å². The normalized spacial score (nSPS) is 16.7. The fourth-order valence-corrected chi connectivity index (χ4v) is 6.14. The van der Waals surface area contributed by atoms with Crippen LogP contribution in [0.3, 0.4) is 0 Å². The Hall–Kier alpha value is -2.71. The number of nitrogens with zero attached hydrogens (tertiary/aromatic N) is 4. The number of benzene rings is 1. The second kappa shape index (κ2) is 9.03. The number of aromatic nitrogens is 3. The van der Waals surface area contributed by atoms with E-state index in [2.05, 4.69) is 11.9 Å². The molecule has 1 atom stereocenters. The smallest absolute Gasteiger partial charge is 0.272 e. The van der Waals surface area contributed by atoms with Crippen molar-refractivity contribution >= 4 is 49.4 Å². The first-order chi connectivity index (χ1) is 15.6. The monoisotopic (exact) mass is 464 g/mol. The van der Waals surface area contributed by atoms with Gasteiger partial charge in [0.15, 0.2) is 5.16 Å². The van der Waals surface area contributed by atoms with Crippen LogP contribution in [-0.4, -0.2) is 43.7 Å². The second-order valence-electron chi connectivity index (χ2n) is 8.13. The molecule has 1 aliphatic heterocycles. The lowest BCUT2D eigenvalue weighted by Gasteiger charge is -2.33. The van der Waals surface area contributed by atoms with Crippen LogP contribution in [0.5, 0.6) is 0 Å². The molecule has 1 aromatic carbocycles.